The zero-order valence-corrected chi connectivity index (χ0v) is 14.4. The molecule has 1 aliphatic heterocycles. The highest BCUT2D eigenvalue weighted by atomic mass is 79.9. The molecule has 1 aliphatic rings. The number of carbonyl (C=O) groups is 1. The van der Waals surface area contributed by atoms with Gasteiger partial charge in [0.05, 0.1) is 19.3 Å². The van der Waals surface area contributed by atoms with E-state index in [0.717, 1.165) is 28.0 Å². The molecule has 4 nitrogen and oxygen atoms in total. The Hall–Kier alpha value is -2.01. The minimum atomic E-state index is -0.122. The van der Waals surface area contributed by atoms with Crippen LogP contribution in [0.5, 0.6) is 11.5 Å². The summed E-state index contributed by atoms with van der Waals surface area (Å²) in [5.41, 5.74) is 1.62. The number of carbonyl (C=O) groups excluding carboxylic acids is 1. The average molecular weight is 376 g/mol. The zero-order valence-electron chi connectivity index (χ0n) is 12.8. The van der Waals surface area contributed by atoms with E-state index >= 15 is 0 Å². The fraction of sp³-hybridized carbons (Fsp3) is 0.278. The predicted octanol–water partition coefficient (Wildman–Crippen LogP) is 4.10. The molecule has 1 N–H and O–H groups in total. The van der Waals surface area contributed by atoms with Gasteiger partial charge in [0, 0.05) is 16.5 Å². The van der Waals surface area contributed by atoms with Gasteiger partial charge in [-0.25, -0.2) is 0 Å². The Bertz CT molecular complexity index is 700. The summed E-state index contributed by atoms with van der Waals surface area (Å²) in [5, 5.41) is 3.00. The maximum Gasteiger partial charge on any atom is 0.251 e. The topological polar surface area (TPSA) is 47.6 Å². The van der Waals surface area contributed by atoms with Crippen molar-refractivity contribution in [2.75, 3.05) is 13.2 Å². The summed E-state index contributed by atoms with van der Waals surface area (Å²) in [6.45, 7) is 3.27. The second kappa shape index (κ2) is 7.04. The SMILES string of the molecule is C[C@H](NC(=O)c1ccc(Br)cc1)c1ccc2c(c1)OCCCO2. The van der Waals surface area contributed by atoms with Gasteiger partial charge in [0.1, 0.15) is 0 Å². The number of rotatable bonds is 3. The molecule has 23 heavy (non-hydrogen) atoms. The minimum Gasteiger partial charge on any atom is -0.490 e. The van der Waals surface area contributed by atoms with Crippen LogP contribution in [-0.4, -0.2) is 19.1 Å². The summed E-state index contributed by atoms with van der Waals surface area (Å²) in [7, 11) is 0. The zero-order chi connectivity index (χ0) is 16.2. The van der Waals surface area contributed by atoms with Gasteiger partial charge in [-0.2, -0.15) is 0 Å². The van der Waals surface area contributed by atoms with Crippen molar-refractivity contribution < 1.29 is 14.3 Å². The first kappa shape index (κ1) is 15.9. The lowest BCUT2D eigenvalue weighted by atomic mass is 10.1. The maximum absolute atomic E-state index is 12.3. The number of fused-ring (bicyclic) bond motifs is 1. The maximum atomic E-state index is 12.3. The van der Waals surface area contributed by atoms with Crippen molar-refractivity contribution in [2.24, 2.45) is 0 Å². The average Bonchev–Trinajstić information content (AvgIpc) is 2.79. The van der Waals surface area contributed by atoms with Crippen molar-refractivity contribution >= 4 is 21.8 Å². The van der Waals surface area contributed by atoms with Crippen LogP contribution in [0.15, 0.2) is 46.9 Å². The van der Waals surface area contributed by atoms with Gasteiger partial charge >= 0.3 is 0 Å². The van der Waals surface area contributed by atoms with E-state index in [-0.39, 0.29) is 11.9 Å². The van der Waals surface area contributed by atoms with E-state index < -0.39 is 0 Å². The molecule has 1 heterocycles. The quantitative estimate of drug-likeness (QED) is 0.878. The van der Waals surface area contributed by atoms with Crippen LogP contribution in [0.1, 0.15) is 35.3 Å². The van der Waals surface area contributed by atoms with Crippen LogP contribution < -0.4 is 14.8 Å². The van der Waals surface area contributed by atoms with Gasteiger partial charge in [0.2, 0.25) is 0 Å². The Kier molecular flexibility index (Phi) is 4.86. The summed E-state index contributed by atoms with van der Waals surface area (Å²) >= 11 is 3.37. The van der Waals surface area contributed by atoms with Gasteiger partial charge in [-0.1, -0.05) is 22.0 Å². The Morgan fingerprint density at radius 1 is 1.09 bits per heavy atom. The molecule has 0 aliphatic carbocycles. The van der Waals surface area contributed by atoms with E-state index in [0.29, 0.717) is 18.8 Å². The number of ether oxygens (including phenoxy) is 2. The van der Waals surface area contributed by atoms with E-state index in [2.05, 4.69) is 21.2 Å². The van der Waals surface area contributed by atoms with Crippen molar-refractivity contribution in [3.05, 3.63) is 58.1 Å². The minimum absolute atomic E-state index is 0.0999. The third-order valence-corrected chi connectivity index (χ3v) is 4.25. The van der Waals surface area contributed by atoms with Crippen molar-refractivity contribution in [1.82, 2.24) is 5.32 Å². The molecule has 3 rings (SSSR count). The first-order chi connectivity index (χ1) is 11.1. The third kappa shape index (κ3) is 3.85. The molecule has 2 aromatic rings. The summed E-state index contributed by atoms with van der Waals surface area (Å²) in [6, 6.07) is 13.0. The first-order valence-corrected chi connectivity index (χ1v) is 8.39. The molecular formula is C18H18BrNO3. The number of amides is 1. The molecule has 0 spiro atoms. The van der Waals surface area contributed by atoms with Crippen molar-refractivity contribution in [3.8, 4) is 11.5 Å². The highest BCUT2D eigenvalue weighted by Gasteiger charge is 2.15. The highest BCUT2D eigenvalue weighted by Crippen LogP contribution is 2.32. The molecular weight excluding hydrogens is 358 g/mol. The number of benzene rings is 2. The second-order valence-corrected chi connectivity index (χ2v) is 6.37. The van der Waals surface area contributed by atoms with Crippen LogP contribution in [0.3, 0.4) is 0 Å². The number of nitrogens with one attached hydrogen (secondary N) is 1. The van der Waals surface area contributed by atoms with Crippen LogP contribution >= 0.6 is 15.9 Å². The normalized spacial score (nSPS) is 14.7. The van der Waals surface area contributed by atoms with Gasteiger partial charge in [-0.3, -0.25) is 4.79 Å². The Morgan fingerprint density at radius 2 is 1.78 bits per heavy atom. The van der Waals surface area contributed by atoms with Crippen LogP contribution in [0.25, 0.3) is 0 Å². The lowest BCUT2D eigenvalue weighted by Crippen LogP contribution is -2.26. The lowest BCUT2D eigenvalue weighted by Gasteiger charge is -2.16. The third-order valence-electron chi connectivity index (χ3n) is 3.73. The Balaban J connectivity index is 1.72. The van der Waals surface area contributed by atoms with Gasteiger partial charge in [-0.05, 0) is 48.9 Å². The molecule has 1 amide bonds. The van der Waals surface area contributed by atoms with Gasteiger partial charge in [0.25, 0.3) is 5.91 Å². The fourth-order valence-corrected chi connectivity index (χ4v) is 2.68. The van der Waals surface area contributed by atoms with E-state index in [4.69, 9.17) is 9.47 Å². The summed E-state index contributed by atoms with van der Waals surface area (Å²) in [4.78, 5) is 12.3. The van der Waals surface area contributed by atoms with Crippen molar-refractivity contribution in [1.29, 1.82) is 0 Å². The molecule has 5 heteroatoms. The molecule has 0 unspecified atom stereocenters. The molecule has 0 radical (unpaired) electrons. The summed E-state index contributed by atoms with van der Waals surface area (Å²) < 4.78 is 12.3. The molecule has 2 aromatic carbocycles. The molecule has 0 saturated heterocycles. The highest BCUT2D eigenvalue weighted by molar-refractivity contribution is 9.10. The smallest absolute Gasteiger partial charge is 0.251 e. The van der Waals surface area contributed by atoms with Crippen LogP contribution in [0.2, 0.25) is 0 Å². The Morgan fingerprint density at radius 3 is 2.52 bits per heavy atom. The Labute approximate surface area is 143 Å². The van der Waals surface area contributed by atoms with E-state index in [1.54, 1.807) is 12.1 Å². The van der Waals surface area contributed by atoms with Crippen molar-refractivity contribution in [2.45, 2.75) is 19.4 Å². The van der Waals surface area contributed by atoms with Gasteiger partial charge in [-0.15, -0.1) is 0 Å². The van der Waals surface area contributed by atoms with E-state index in [9.17, 15) is 4.79 Å². The molecule has 120 valence electrons. The van der Waals surface area contributed by atoms with Crippen LogP contribution in [0.4, 0.5) is 0 Å². The monoisotopic (exact) mass is 375 g/mol. The van der Waals surface area contributed by atoms with Crippen LogP contribution in [0, 0.1) is 0 Å². The fourth-order valence-electron chi connectivity index (χ4n) is 2.41. The largest absolute Gasteiger partial charge is 0.490 e. The molecule has 0 fully saturated rings. The lowest BCUT2D eigenvalue weighted by molar-refractivity contribution is 0.0940. The van der Waals surface area contributed by atoms with E-state index in [1.807, 2.05) is 37.3 Å². The molecule has 0 saturated carbocycles. The second-order valence-electron chi connectivity index (χ2n) is 5.46. The summed E-state index contributed by atoms with van der Waals surface area (Å²) in [6.07, 6.45) is 0.875. The number of hydrogen-bond acceptors (Lipinski definition) is 3. The van der Waals surface area contributed by atoms with Gasteiger partial charge < -0.3 is 14.8 Å². The molecule has 0 aromatic heterocycles. The van der Waals surface area contributed by atoms with Gasteiger partial charge in [0.15, 0.2) is 11.5 Å². The first-order valence-electron chi connectivity index (χ1n) is 7.59. The standard InChI is InChI=1S/C18H18BrNO3/c1-12(20-18(21)13-3-6-15(19)7-4-13)14-5-8-16-17(11-14)23-10-2-9-22-16/h3-8,11-12H,2,9-10H2,1H3,(H,20,21)/t12-/m0/s1. The van der Waals surface area contributed by atoms with Crippen molar-refractivity contribution in [3.63, 3.8) is 0 Å². The molecule has 1 atom stereocenters. The summed E-state index contributed by atoms with van der Waals surface area (Å²) in [5.74, 6) is 1.40. The van der Waals surface area contributed by atoms with E-state index in [1.165, 1.54) is 0 Å². The predicted molar refractivity (Wildman–Crippen MR) is 92.1 cm³/mol. The molecule has 0 bridgehead atoms. The van der Waals surface area contributed by atoms with Crippen LogP contribution in [-0.2, 0) is 0 Å². The number of hydrogen-bond donors (Lipinski definition) is 1. The number of halogens is 1.